The molecule has 560 valence electrons. The molecule has 0 radical (unpaired) electrons. The maximum atomic E-state index is 12.3. The standard InChI is InChI=1S/C20H23NO5.C19H21NO6.C18H20N2O6.C15H16BrNO4.C5H8O/c1-5-16(22)9-7-6-8-14-10-12-15(13-11-14)18(23)21-17(19(24)26-4)20(2,3)25;1-19(2,25)16(18(24)26-3)20-17(23)14-10-8-13(9-11-14)6-4-5-7-15(22)12-21;1-18(2,25)15(17(24)20-26)19-16(23)13-9-7-12(8-10-13)5-3-4-6-14(22)11-21;1-15(2,20)12(14(19)21-3)17-13(18)11-6-4-10(5-7-11)8-9-16;1-3-5(6)4-2/h10-13,16-17,22,25H,5H2,1-4H3,(H,21,23);8-11,15-16,21-22,25H,12H2,1-3H3,(H,20,23);7-10,14-15,21-22,25-26H,11H2,1-2H3,(H,19,23)(H,20,24);4-7,12,20H,1-3H3,(H,17,18);1,5-6H,4H2,2H3/t16?,17-;15?,16-;14?,15-;12-;/m1111./s1. The molecule has 0 fully saturated rings. The molecule has 0 aliphatic rings. The maximum Gasteiger partial charge on any atom is 0.331 e. The minimum Gasteiger partial charge on any atom is -0.467 e. The molecule has 27 nitrogen and oxygen atoms in total. The van der Waals surface area contributed by atoms with Gasteiger partial charge in [0.15, 0.2) is 18.1 Å². The van der Waals surface area contributed by atoms with E-state index in [0.29, 0.717) is 40.7 Å². The van der Waals surface area contributed by atoms with Crippen molar-refractivity contribution < 1.29 is 109 Å². The highest BCUT2D eigenvalue weighted by Gasteiger charge is 2.39. The van der Waals surface area contributed by atoms with Crippen LogP contribution in [0.15, 0.2) is 97.1 Å². The lowest BCUT2D eigenvalue weighted by atomic mass is 9.97. The summed E-state index contributed by atoms with van der Waals surface area (Å²) in [6, 6.07) is 20.2. The SMILES string of the molecule is C#CC(O)CC.CC(C)(O)[C@H](NC(=O)c1ccc(C#CC#CC(O)CO)cc1)C(=O)NO.CCC(O)C#CC#Cc1ccc(C(=O)N[C@H](C(=O)OC)C(C)(C)O)cc1.COC(=O)[C@@H](NC(=O)c1ccc(C#CBr)cc1)C(C)(C)O.COC(=O)[C@@H](NC(=O)c1ccc(C#CC#CC(O)CO)cc1)C(C)(C)O. The number of esters is 3. The number of terminal acetylenes is 1. The summed E-state index contributed by atoms with van der Waals surface area (Å²) < 4.78 is 13.8. The molecule has 28 heteroatoms. The summed E-state index contributed by atoms with van der Waals surface area (Å²) in [5.41, 5.74) is -0.913. The molecular formula is C77H88BrN5O22. The average Bonchev–Trinajstić information content (AvgIpc) is 0.856. The molecule has 0 aliphatic carbocycles. The van der Waals surface area contributed by atoms with Gasteiger partial charge in [-0.05, 0) is 206 Å². The average molecular weight is 1520 g/mol. The van der Waals surface area contributed by atoms with Gasteiger partial charge in [-0.3, -0.25) is 29.2 Å². The number of halogens is 1. The van der Waals surface area contributed by atoms with Crippen LogP contribution in [0.2, 0.25) is 0 Å². The molecule has 4 unspecified atom stereocenters. The number of amides is 5. The quantitative estimate of drug-likeness (QED) is 0.0192. The molecule has 8 atom stereocenters. The van der Waals surface area contributed by atoms with Crippen LogP contribution in [-0.2, 0) is 33.4 Å². The topological polar surface area (TPSA) is 447 Å². The van der Waals surface area contributed by atoms with Gasteiger partial charge >= 0.3 is 17.9 Å². The molecule has 0 saturated carbocycles. The number of hydrogen-bond acceptors (Lipinski definition) is 22. The molecule has 0 saturated heterocycles. The Balaban J connectivity index is 0.00000134. The number of hydroxylamine groups is 1. The summed E-state index contributed by atoms with van der Waals surface area (Å²) in [7, 11) is 3.55. The molecule has 4 aromatic rings. The van der Waals surface area contributed by atoms with E-state index in [-0.39, 0.29) is 11.1 Å². The van der Waals surface area contributed by atoms with Gasteiger partial charge < -0.3 is 86.5 Å². The van der Waals surface area contributed by atoms with Crippen LogP contribution in [0.1, 0.15) is 146 Å². The van der Waals surface area contributed by atoms with Crippen LogP contribution in [0.5, 0.6) is 0 Å². The van der Waals surface area contributed by atoms with Crippen LogP contribution in [0, 0.1) is 94.1 Å². The van der Waals surface area contributed by atoms with E-state index in [1.165, 1.54) is 106 Å². The zero-order chi connectivity index (χ0) is 80.3. The van der Waals surface area contributed by atoms with Gasteiger partial charge in [0.25, 0.3) is 29.5 Å². The lowest BCUT2D eigenvalue weighted by Gasteiger charge is -2.28. The summed E-state index contributed by atoms with van der Waals surface area (Å²) in [6.45, 7) is 13.8. The molecule has 0 aliphatic heterocycles. The van der Waals surface area contributed by atoms with Crippen molar-refractivity contribution in [3.8, 4) is 94.1 Å². The number of ether oxygens (including phenoxy) is 3. The van der Waals surface area contributed by atoms with Gasteiger partial charge in [0.1, 0.15) is 30.5 Å². The molecule has 0 aromatic heterocycles. The van der Waals surface area contributed by atoms with E-state index >= 15 is 0 Å². The zero-order valence-electron chi connectivity index (χ0n) is 60.1. The summed E-state index contributed by atoms with van der Waals surface area (Å²) in [5.74, 6) is 30.1. The molecule has 5 amide bonds. The normalized spacial score (nSPS) is 12.4. The summed E-state index contributed by atoms with van der Waals surface area (Å²) in [5, 5.41) is 111. The van der Waals surface area contributed by atoms with Gasteiger partial charge in [0.2, 0.25) is 0 Å². The van der Waals surface area contributed by atoms with Crippen LogP contribution in [0.3, 0.4) is 0 Å². The van der Waals surface area contributed by atoms with Gasteiger partial charge in [-0.25, -0.2) is 19.9 Å². The number of hydrogen-bond donors (Lipinski definition) is 16. The Hall–Kier alpha value is -10.8. The Kier molecular flexibility index (Phi) is 43.2. The minimum absolute atomic E-state index is 0.220. The Bertz CT molecular complexity index is 3730. The predicted molar refractivity (Wildman–Crippen MR) is 389 cm³/mol. The first-order valence-electron chi connectivity index (χ1n) is 31.4. The van der Waals surface area contributed by atoms with Crippen LogP contribution < -0.4 is 26.7 Å². The zero-order valence-corrected chi connectivity index (χ0v) is 61.6. The van der Waals surface area contributed by atoms with Gasteiger partial charge in [-0.2, -0.15) is 0 Å². The minimum atomic E-state index is -1.59. The van der Waals surface area contributed by atoms with Crippen LogP contribution >= 0.6 is 15.9 Å². The number of methoxy groups -OCH3 is 3. The maximum absolute atomic E-state index is 12.3. The molecule has 0 bridgehead atoms. The molecule has 4 rings (SSSR count). The number of nitrogens with one attached hydrogen (secondary N) is 5. The van der Waals surface area contributed by atoms with E-state index in [1.807, 2.05) is 13.8 Å². The van der Waals surface area contributed by atoms with Crippen molar-refractivity contribution in [1.82, 2.24) is 26.7 Å². The molecule has 0 heterocycles. The lowest BCUT2D eigenvalue weighted by molar-refractivity contribution is -0.149. The third kappa shape index (κ3) is 37.8. The predicted octanol–water partition coefficient (Wildman–Crippen LogP) is 0.884. The van der Waals surface area contributed by atoms with Crippen molar-refractivity contribution >= 4 is 63.4 Å². The highest BCUT2D eigenvalue weighted by Crippen LogP contribution is 2.17. The summed E-state index contributed by atoms with van der Waals surface area (Å²) in [6.07, 6.45) is 2.47. The fraction of sp³-hybridized carbons (Fsp3) is 0.377. The fourth-order valence-corrected chi connectivity index (χ4v) is 7.49. The smallest absolute Gasteiger partial charge is 0.331 e. The molecule has 0 spiro atoms. The van der Waals surface area contributed by atoms with Crippen LogP contribution in [0.25, 0.3) is 0 Å². The third-order valence-corrected chi connectivity index (χ3v) is 13.4. The Morgan fingerprint density at radius 1 is 0.410 bits per heavy atom. The summed E-state index contributed by atoms with van der Waals surface area (Å²) in [4.78, 5) is 98.2. The lowest BCUT2D eigenvalue weighted by Crippen LogP contribution is -2.57. The molecular weight excluding hydrogens is 1430 g/mol. The van der Waals surface area contributed by atoms with Crippen LogP contribution in [-0.4, -0.2) is 209 Å². The largest absolute Gasteiger partial charge is 0.467 e. The Labute approximate surface area is 619 Å². The van der Waals surface area contributed by atoms with Crippen molar-refractivity contribution in [2.45, 2.75) is 153 Å². The second-order valence-corrected chi connectivity index (χ2v) is 24.2. The Morgan fingerprint density at radius 3 is 0.838 bits per heavy atom. The highest BCUT2D eigenvalue weighted by molar-refractivity contribution is 9.12. The number of rotatable bonds is 20. The second kappa shape index (κ2) is 48.2. The molecule has 105 heavy (non-hydrogen) atoms. The summed E-state index contributed by atoms with van der Waals surface area (Å²) >= 11 is 2.99. The van der Waals surface area contributed by atoms with Crippen molar-refractivity contribution in [2.75, 3.05) is 34.5 Å². The number of aliphatic hydroxyl groups excluding tert-OH is 6. The van der Waals surface area contributed by atoms with E-state index in [4.69, 9.17) is 37.2 Å². The van der Waals surface area contributed by atoms with Crippen LogP contribution in [0.4, 0.5) is 0 Å². The van der Waals surface area contributed by atoms with Gasteiger partial charge in [-0.15, -0.1) is 6.42 Å². The van der Waals surface area contributed by atoms with Crippen molar-refractivity contribution in [3.05, 3.63) is 142 Å². The van der Waals surface area contributed by atoms with Gasteiger partial charge in [0.05, 0.1) is 56.9 Å². The van der Waals surface area contributed by atoms with E-state index in [9.17, 15) is 63.9 Å². The fourth-order valence-electron chi connectivity index (χ4n) is 7.26. The van der Waals surface area contributed by atoms with E-state index in [2.05, 4.69) is 139 Å². The van der Waals surface area contributed by atoms with Gasteiger partial charge in [0, 0.05) is 60.4 Å². The highest BCUT2D eigenvalue weighted by atomic mass is 79.9. The first-order chi connectivity index (χ1) is 49.2. The van der Waals surface area contributed by atoms with E-state index in [0.717, 1.165) is 5.56 Å². The number of carbonyl (C=O) groups is 8. The third-order valence-electron chi connectivity index (χ3n) is 13.2. The number of aliphatic hydroxyl groups is 10. The Morgan fingerprint density at radius 2 is 0.648 bits per heavy atom. The molecule has 16 N–H and O–H groups in total. The number of carbonyl (C=O) groups excluding carboxylic acids is 8. The number of benzene rings is 4. The van der Waals surface area contributed by atoms with Crippen molar-refractivity contribution in [1.29, 1.82) is 0 Å². The second-order valence-electron chi connectivity index (χ2n) is 23.8. The molecule has 4 aromatic carbocycles. The van der Waals surface area contributed by atoms with Crippen molar-refractivity contribution in [3.63, 3.8) is 0 Å². The van der Waals surface area contributed by atoms with Gasteiger partial charge in [-0.1, -0.05) is 61.2 Å². The van der Waals surface area contributed by atoms with Crippen molar-refractivity contribution in [2.24, 2.45) is 0 Å². The first-order valence-corrected chi connectivity index (χ1v) is 32.2. The first kappa shape index (κ1) is 94.2. The van der Waals surface area contributed by atoms with E-state index in [1.54, 1.807) is 72.8 Å². The monoisotopic (exact) mass is 1510 g/mol. The van der Waals surface area contributed by atoms with E-state index < -0.39 is 132 Å².